The van der Waals surface area contributed by atoms with Crippen molar-refractivity contribution in [3.8, 4) is 0 Å². The van der Waals surface area contributed by atoms with Crippen LogP contribution in [-0.4, -0.2) is 47.6 Å². The Labute approximate surface area is 127 Å². The van der Waals surface area contributed by atoms with Gasteiger partial charge in [0.15, 0.2) is 0 Å². The molecule has 1 saturated heterocycles. The van der Waals surface area contributed by atoms with Crippen molar-refractivity contribution in [2.45, 2.75) is 64.3 Å². The fourth-order valence-electron chi connectivity index (χ4n) is 3.70. The predicted molar refractivity (Wildman–Crippen MR) is 81.0 cm³/mol. The second-order valence-electron chi connectivity index (χ2n) is 6.66. The predicted octanol–water partition coefficient (Wildman–Crippen LogP) is 2.01. The lowest BCUT2D eigenvalue weighted by Gasteiger charge is -2.39. The monoisotopic (exact) mass is 296 g/mol. The van der Waals surface area contributed by atoms with E-state index in [1.54, 1.807) is 0 Å². The normalized spacial score (nSPS) is 28.2. The Hall–Kier alpha value is -1.10. The SMILES string of the molecule is CCC1(C(=O)O)CCCN(CC(=O)NC2CCCCC2)C1. The number of likely N-dealkylation sites (tertiary alicyclic amines) is 1. The van der Waals surface area contributed by atoms with Gasteiger partial charge in [0.25, 0.3) is 0 Å². The van der Waals surface area contributed by atoms with Crippen LogP contribution >= 0.6 is 0 Å². The number of carbonyl (C=O) groups excluding carboxylic acids is 1. The topological polar surface area (TPSA) is 69.6 Å². The molecule has 2 rings (SSSR count). The van der Waals surface area contributed by atoms with E-state index in [1.165, 1.54) is 19.3 Å². The van der Waals surface area contributed by atoms with Crippen LogP contribution in [0.3, 0.4) is 0 Å². The van der Waals surface area contributed by atoms with Crippen LogP contribution in [-0.2, 0) is 9.59 Å². The number of piperidine rings is 1. The number of hydrogen-bond donors (Lipinski definition) is 2. The van der Waals surface area contributed by atoms with Crippen LogP contribution in [0.15, 0.2) is 0 Å². The van der Waals surface area contributed by atoms with Crippen molar-refractivity contribution < 1.29 is 14.7 Å². The van der Waals surface area contributed by atoms with Crippen LogP contribution in [0.25, 0.3) is 0 Å². The van der Waals surface area contributed by atoms with Crippen LogP contribution < -0.4 is 5.32 Å². The molecule has 0 aromatic carbocycles. The molecule has 2 aliphatic rings. The van der Waals surface area contributed by atoms with Gasteiger partial charge in [0.2, 0.25) is 5.91 Å². The highest BCUT2D eigenvalue weighted by molar-refractivity contribution is 5.79. The molecule has 1 saturated carbocycles. The highest BCUT2D eigenvalue weighted by Gasteiger charge is 2.41. The third kappa shape index (κ3) is 4.19. The van der Waals surface area contributed by atoms with Gasteiger partial charge in [0.1, 0.15) is 0 Å². The number of carboxylic acids is 1. The second-order valence-corrected chi connectivity index (χ2v) is 6.66. The van der Waals surface area contributed by atoms with Crippen molar-refractivity contribution in [3.63, 3.8) is 0 Å². The molecule has 1 aliphatic heterocycles. The van der Waals surface area contributed by atoms with Crippen molar-refractivity contribution in [3.05, 3.63) is 0 Å². The Morgan fingerprint density at radius 2 is 1.95 bits per heavy atom. The van der Waals surface area contributed by atoms with Crippen LogP contribution in [0.2, 0.25) is 0 Å². The Morgan fingerprint density at radius 1 is 1.24 bits per heavy atom. The lowest BCUT2D eigenvalue weighted by Crippen LogP contribution is -2.51. The van der Waals surface area contributed by atoms with Crippen LogP contribution in [0, 0.1) is 5.41 Å². The first-order chi connectivity index (χ1) is 10.1. The van der Waals surface area contributed by atoms with E-state index in [0.29, 0.717) is 25.6 Å². The summed E-state index contributed by atoms with van der Waals surface area (Å²) in [5.41, 5.74) is -0.663. The van der Waals surface area contributed by atoms with E-state index in [1.807, 2.05) is 11.8 Å². The van der Waals surface area contributed by atoms with Gasteiger partial charge in [-0.15, -0.1) is 0 Å². The standard InChI is InChI=1S/C16H28N2O3/c1-2-16(15(20)21)9-6-10-18(12-16)11-14(19)17-13-7-4-3-5-8-13/h13H,2-12H2,1H3,(H,17,19)(H,20,21). The van der Waals surface area contributed by atoms with Crippen LogP contribution in [0.5, 0.6) is 0 Å². The molecule has 21 heavy (non-hydrogen) atoms. The highest BCUT2D eigenvalue weighted by atomic mass is 16.4. The molecule has 0 radical (unpaired) electrons. The minimum Gasteiger partial charge on any atom is -0.481 e. The van der Waals surface area contributed by atoms with Crippen molar-refractivity contribution in [1.82, 2.24) is 10.2 Å². The van der Waals surface area contributed by atoms with Crippen LogP contribution in [0.1, 0.15) is 58.3 Å². The number of nitrogens with one attached hydrogen (secondary N) is 1. The number of aliphatic carboxylic acids is 1. The average Bonchev–Trinajstić information content (AvgIpc) is 2.48. The summed E-state index contributed by atoms with van der Waals surface area (Å²) < 4.78 is 0. The molecule has 5 nitrogen and oxygen atoms in total. The highest BCUT2D eigenvalue weighted by Crippen LogP contribution is 2.33. The molecule has 0 spiro atoms. The lowest BCUT2D eigenvalue weighted by molar-refractivity contribution is -0.153. The first kappa shape index (κ1) is 16.3. The molecule has 1 aliphatic carbocycles. The molecule has 1 heterocycles. The number of carbonyl (C=O) groups is 2. The van der Waals surface area contributed by atoms with E-state index in [-0.39, 0.29) is 5.91 Å². The molecule has 1 amide bonds. The molecular weight excluding hydrogens is 268 g/mol. The quantitative estimate of drug-likeness (QED) is 0.814. The number of carboxylic acid groups (broad SMARTS) is 1. The average molecular weight is 296 g/mol. The molecule has 0 bridgehead atoms. The van der Waals surface area contributed by atoms with E-state index in [9.17, 15) is 14.7 Å². The minimum absolute atomic E-state index is 0.0548. The molecule has 0 aromatic heterocycles. The Kier molecular flexibility index (Phi) is 5.62. The fourth-order valence-corrected chi connectivity index (χ4v) is 3.70. The minimum atomic E-state index is -0.720. The zero-order valence-corrected chi connectivity index (χ0v) is 13.1. The maximum Gasteiger partial charge on any atom is 0.310 e. The third-order valence-corrected chi connectivity index (χ3v) is 5.12. The van der Waals surface area contributed by atoms with Crippen molar-refractivity contribution in [2.75, 3.05) is 19.6 Å². The van der Waals surface area contributed by atoms with E-state index in [4.69, 9.17) is 0 Å². The van der Waals surface area contributed by atoms with E-state index >= 15 is 0 Å². The first-order valence-corrected chi connectivity index (χ1v) is 8.31. The molecule has 120 valence electrons. The number of nitrogens with zero attached hydrogens (tertiary/aromatic N) is 1. The fraction of sp³-hybridized carbons (Fsp3) is 0.875. The van der Waals surface area contributed by atoms with Gasteiger partial charge in [-0.3, -0.25) is 14.5 Å². The first-order valence-electron chi connectivity index (χ1n) is 8.31. The summed E-state index contributed by atoms with van der Waals surface area (Å²) in [5, 5.41) is 12.6. The Balaban J connectivity index is 1.84. The second kappa shape index (κ2) is 7.25. The molecule has 0 aromatic rings. The van der Waals surface area contributed by atoms with Crippen molar-refractivity contribution >= 4 is 11.9 Å². The van der Waals surface area contributed by atoms with Crippen molar-refractivity contribution in [2.24, 2.45) is 5.41 Å². The molecular formula is C16H28N2O3. The summed E-state index contributed by atoms with van der Waals surface area (Å²) in [6.45, 7) is 3.59. The summed E-state index contributed by atoms with van der Waals surface area (Å²) >= 11 is 0. The van der Waals surface area contributed by atoms with Crippen molar-refractivity contribution in [1.29, 1.82) is 0 Å². The maximum atomic E-state index is 12.1. The largest absolute Gasteiger partial charge is 0.481 e. The Bertz CT molecular complexity index is 380. The maximum absolute atomic E-state index is 12.1. The van der Waals surface area contributed by atoms with Gasteiger partial charge in [-0.1, -0.05) is 26.2 Å². The van der Waals surface area contributed by atoms with Crippen LogP contribution in [0.4, 0.5) is 0 Å². The van der Waals surface area contributed by atoms with Gasteiger partial charge in [-0.25, -0.2) is 0 Å². The van der Waals surface area contributed by atoms with E-state index < -0.39 is 11.4 Å². The van der Waals surface area contributed by atoms with Gasteiger partial charge < -0.3 is 10.4 Å². The van der Waals surface area contributed by atoms with Gasteiger partial charge in [-0.05, 0) is 38.6 Å². The zero-order chi connectivity index (χ0) is 15.3. The summed E-state index contributed by atoms with van der Waals surface area (Å²) in [5.74, 6) is -0.665. The number of rotatable bonds is 5. The molecule has 2 fully saturated rings. The summed E-state index contributed by atoms with van der Waals surface area (Å²) in [6.07, 6.45) is 8.05. The summed E-state index contributed by atoms with van der Waals surface area (Å²) in [6, 6.07) is 0.325. The molecule has 1 atom stereocenters. The third-order valence-electron chi connectivity index (χ3n) is 5.12. The Morgan fingerprint density at radius 3 is 2.57 bits per heavy atom. The van der Waals surface area contributed by atoms with Gasteiger partial charge in [0, 0.05) is 12.6 Å². The molecule has 2 N–H and O–H groups in total. The smallest absolute Gasteiger partial charge is 0.310 e. The lowest BCUT2D eigenvalue weighted by atomic mass is 9.77. The zero-order valence-electron chi connectivity index (χ0n) is 13.1. The van der Waals surface area contributed by atoms with E-state index in [2.05, 4.69) is 5.32 Å². The molecule has 1 unspecified atom stereocenters. The van der Waals surface area contributed by atoms with E-state index in [0.717, 1.165) is 32.2 Å². The number of hydrogen-bond acceptors (Lipinski definition) is 3. The number of amides is 1. The van der Waals surface area contributed by atoms with Gasteiger partial charge in [-0.2, -0.15) is 0 Å². The van der Waals surface area contributed by atoms with Gasteiger partial charge in [0.05, 0.1) is 12.0 Å². The van der Waals surface area contributed by atoms with Gasteiger partial charge >= 0.3 is 5.97 Å². The molecule has 5 heteroatoms. The summed E-state index contributed by atoms with van der Waals surface area (Å²) in [4.78, 5) is 25.7. The summed E-state index contributed by atoms with van der Waals surface area (Å²) in [7, 11) is 0.